The summed E-state index contributed by atoms with van der Waals surface area (Å²) >= 11 is 0. The minimum absolute atomic E-state index is 0.00264. The highest BCUT2D eigenvalue weighted by Crippen LogP contribution is 2.14. The van der Waals surface area contributed by atoms with E-state index in [1.807, 2.05) is 24.3 Å². The third-order valence-corrected chi connectivity index (χ3v) is 5.47. The molecule has 0 aliphatic rings. The molecular weight excluding hydrogens is 448 g/mol. The Bertz CT molecular complexity index is 1190. The minimum atomic E-state index is -0.526. The molecule has 2 aromatic carbocycles. The van der Waals surface area contributed by atoms with Gasteiger partial charge in [-0.15, -0.1) is 0 Å². The van der Waals surface area contributed by atoms with Gasteiger partial charge in [0.1, 0.15) is 23.9 Å². The summed E-state index contributed by atoms with van der Waals surface area (Å²) in [6, 6.07) is 14.9. The molecule has 3 aromatic rings. The zero-order valence-corrected chi connectivity index (χ0v) is 20.2. The van der Waals surface area contributed by atoms with Gasteiger partial charge < -0.3 is 24.7 Å². The van der Waals surface area contributed by atoms with Crippen molar-refractivity contribution in [3.8, 4) is 5.75 Å². The number of hydrogen-bond donors (Lipinski definition) is 2. The first-order valence-electron chi connectivity index (χ1n) is 11.5. The van der Waals surface area contributed by atoms with E-state index in [2.05, 4.69) is 34.0 Å². The van der Waals surface area contributed by atoms with E-state index in [-0.39, 0.29) is 5.69 Å². The van der Waals surface area contributed by atoms with E-state index in [1.54, 1.807) is 31.4 Å². The maximum Gasteiger partial charge on any atom is 0.338 e. The maximum absolute atomic E-state index is 12.7. The average molecular weight is 479 g/mol. The summed E-state index contributed by atoms with van der Waals surface area (Å²) in [5.41, 5.74) is 1.34. The number of amides is 1. The van der Waals surface area contributed by atoms with Gasteiger partial charge in [0.05, 0.1) is 12.7 Å². The lowest BCUT2D eigenvalue weighted by molar-refractivity contribution is 0.0466. The van der Waals surface area contributed by atoms with Gasteiger partial charge in [-0.25, -0.2) is 9.78 Å². The van der Waals surface area contributed by atoms with Gasteiger partial charge in [-0.3, -0.25) is 9.59 Å². The molecule has 3 rings (SSSR count). The van der Waals surface area contributed by atoms with Crippen LogP contribution in [-0.2, 0) is 11.2 Å². The molecule has 9 nitrogen and oxygen atoms in total. The number of carbonyl (C=O) groups is 2. The number of anilines is 1. The highest BCUT2D eigenvalue weighted by atomic mass is 16.5. The predicted octanol–water partition coefficient (Wildman–Crippen LogP) is 3.12. The molecule has 1 aromatic heterocycles. The fourth-order valence-corrected chi connectivity index (χ4v) is 3.42. The SMILES string of the molecule is CCN(CC)CCOC(=O)c1ccc(NC(=O)c2cc(=O)[nH]c(Cc3ccc(OC)cc3)n2)cc1. The number of methoxy groups -OCH3 is 1. The number of ether oxygens (including phenoxy) is 2. The number of likely N-dealkylation sites (N-methyl/N-ethyl adjacent to an activating group) is 1. The Morgan fingerprint density at radius 3 is 2.34 bits per heavy atom. The molecule has 0 atom stereocenters. The quantitative estimate of drug-likeness (QED) is 0.407. The Morgan fingerprint density at radius 1 is 1.03 bits per heavy atom. The lowest BCUT2D eigenvalue weighted by Gasteiger charge is -2.17. The maximum atomic E-state index is 12.7. The third kappa shape index (κ3) is 7.51. The van der Waals surface area contributed by atoms with E-state index < -0.39 is 17.4 Å². The molecule has 0 saturated carbocycles. The predicted molar refractivity (Wildman–Crippen MR) is 133 cm³/mol. The fraction of sp³-hybridized carbons (Fsp3) is 0.308. The fourth-order valence-electron chi connectivity index (χ4n) is 3.42. The molecule has 35 heavy (non-hydrogen) atoms. The van der Waals surface area contributed by atoms with Crippen molar-refractivity contribution < 1.29 is 19.1 Å². The van der Waals surface area contributed by atoms with E-state index in [0.717, 1.165) is 30.5 Å². The highest BCUT2D eigenvalue weighted by molar-refractivity contribution is 6.03. The standard InChI is InChI=1S/C26H30N4O5/c1-4-30(5-2)14-15-35-26(33)19-8-10-20(11-9-19)27-25(32)22-17-24(31)29-23(28-22)16-18-6-12-21(34-3)13-7-18/h6-13,17H,4-5,14-16H2,1-3H3,(H,27,32)(H,28,29,31). The Labute approximate surface area is 204 Å². The van der Waals surface area contributed by atoms with Crippen LogP contribution >= 0.6 is 0 Å². The van der Waals surface area contributed by atoms with Crippen molar-refractivity contribution >= 4 is 17.6 Å². The van der Waals surface area contributed by atoms with Crippen molar-refractivity contribution in [3.63, 3.8) is 0 Å². The van der Waals surface area contributed by atoms with Gasteiger partial charge in [-0.1, -0.05) is 26.0 Å². The van der Waals surface area contributed by atoms with Crippen LogP contribution in [0.2, 0.25) is 0 Å². The topological polar surface area (TPSA) is 114 Å². The summed E-state index contributed by atoms with van der Waals surface area (Å²) in [7, 11) is 1.59. The number of esters is 1. The normalized spacial score (nSPS) is 10.7. The van der Waals surface area contributed by atoms with Crippen LogP contribution in [0.3, 0.4) is 0 Å². The van der Waals surface area contributed by atoms with Crippen LogP contribution in [0.25, 0.3) is 0 Å². The van der Waals surface area contributed by atoms with Crippen LogP contribution in [0.4, 0.5) is 5.69 Å². The van der Waals surface area contributed by atoms with Gasteiger partial charge in [0.2, 0.25) is 0 Å². The average Bonchev–Trinajstić information content (AvgIpc) is 2.87. The van der Waals surface area contributed by atoms with Crippen molar-refractivity contribution in [1.29, 1.82) is 0 Å². The molecule has 0 aliphatic heterocycles. The molecule has 0 fully saturated rings. The zero-order valence-electron chi connectivity index (χ0n) is 20.2. The van der Waals surface area contributed by atoms with Gasteiger partial charge in [0, 0.05) is 24.7 Å². The number of nitrogens with one attached hydrogen (secondary N) is 2. The van der Waals surface area contributed by atoms with E-state index >= 15 is 0 Å². The number of hydrogen-bond acceptors (Lipinski definition) is 7. The van der Waals surface area contributed by atoms with E-state index in [0.29, 0.717) is 36.6 Å². The number of aromatic amines is 1. The second-order valence-electron chi connectivity index (χ2n) is 7.80. The highest BCUT2D eigenvalue weighted by Gasteiger charge is 2.13. The van der Waals surface area contributed by atoms with Crippen molar-refractivity contribution in [1.82, 2.24) is 14.9 Å². The first-order chi connectivity index (χ1) is 16.9. The Morgan fingerprint density at radius 2 is 1.71 bits per heavy atom. The largest absolute Gasteiger partial charge is 0.497 e. The molecular formula is C26H30N4O5. The smallest absolute Gasteiger partial charge is 0.338 e. The summed E-state index contributed by atoms with van der Waals surface area (Å²) in [6.07, 6.45) is 0.353. The van der Waals surface area contributed by atoms with Crippen molar-refractivity contribution in [3.05, 3.63) is 87.6 Å². The number of nitrogens with zero attached hydrogens (tertiary/aromatic N) is 2. The molecule has 184 valence electrons. The van der Waals surface area contributed by atoms with E-state index in [1.165, 1.54) is 0 Å². The third-order valence-electron chi connectivity index (χ3n) is 5.47. The molecule has 1 amide bonds. The molecule has 2 N–H and O–H groups in total. The van der Waals surface area contributed by atoms with Crippen LogP contribution in [0.1, 0.15) is 46.1 Å². The Hall–Kier alpha value is -3.98. The number of aromatic nitrogens is 2. The first kappa shape index (κ1) is 25.6. The van der Waals surface area contributed by atoms with Gasteiger partial charge in [0.25, 0.3) is 11.5 Å². The van der Waals surface area contributed by atoms with Crippen LogP contribution in [0, 0.1) is 0 Å². The first-order valence-corrected chi connectivity index (χ1v) is 11.5. The monoisotopic (exact) mass is 478 g/mol. The molecule has 0 unspecified atom stereocenters. The minimum Gasteiger partial charge on any atom is -0.497 e. The second-order valence-corrected chi connectivity index (χ2v) is 7.80. The van der Waals surface area contributed by atoms with E-state index in [4.69, 9.17) is 9.47 Å². The van der Waals surface area contributed by atoms with Crippen molar-refractivity contribution in [2.45, 2.75) is 20.3 Å². The van der Waals surface area contributed by atoms with Gasteiger partial charge in [0.15, 0.2) is 0 Å². The molecule has 0 spiro atoms. The molecule has 9 heteroatoms. The molecule has 0 radical (unpaired) electrons. The molecule has 0 aliphatic carbocycles. The number of benzene rings is 2. The van der Waals surface area contributed by atoms with Gasteiger partial charge in [-0.05, 0) is 55.1 Å². The van der Waals surface area contributed by atoms with Crippen molar-refractivity contribution in [2.24, 2.45) is 0 Å². The van der Waals surface area contributed by atoms with Crippen molar-refractivity contribution in [2.75, 3.05) is 38.7 Å². The number of rotatable bonds is 11. The summed E-state index contributed by atoms with van der Waals surface area (Å²) < 4.78 is 10.5. The van der Waals surface area contributed by atoms with Crippen LogP contribution < -0.4 is 15.6 Å². The summed E-state index contributed by atoms with van der Waals surface area (Å²) in [6.45, 7) is 6.89. The zero-order chi connectivity index (χ0) is 25.2. The van der Waals surface area contributed by atoms with Crippen LogP contribution in [0.5, 0.6) is 5.75 Å². The summed E-state index contributed by atoms with van der Waals surface area (Å²) in [5.74, 6) is 0.147. The molecule has 0 bridgehead atoms. The number of carbonyl (C=O) groups excluding carboxylic acids is 2. The van der Waals surface area contributed by atoms with E-state index in [9.17, 15) is 14.4 Å². The molecule has 0 saturated heterocycles. The Kier molecular flexibility index (Phi) is 9.14. The summed E-state index contributed by atoms with van der Waals surface area (Å²) in [4.78, 5) is 46.2. The second kappa shape index (κ2) is 12.5. The van der Waals surface area contributed by atoms with Gasteiger partial charge in [-0.2, -0.15) is 0 Å². The lowest BCUT2D eigenvalue weighted by Crippen LogP contribution is -2.27. The van der Waals surface area contributed by atoms with Crippen LogP contribution in [-0.4, -0.2) is 60.1 Å². The molecule has 1 heterocycles. The summed E-state index contributed by atoms with van der Waals surface area (Å²) in [5, 5.41) is 2.70. The lowest BCUT2D eigenvalue weighted by atomic mass is 10.1. The number of H-pyrrole nitrogens is 1. The van der Waals surface area contributed by atoms with Crippen LogP contribution in [0.15, 0.2) is 59.4 Å². The Balaban J connectivity index is 1.61. The van der Waals surface area contributed by atoms with Gasteiger partial charge >= 0.3 is 5.97 Å².